The lowest BCUT2D eigenvalue weighted by atomic mass is 9.89. The number of aliphatic imine (C=N–C) groups is 1. The van der Waals surface area contributed by atoms with Gasteiger partial charge < -0.3 is 14.7 Å². The number of aliphatic carboxylic acids is 1. The number of likely N-dealkylation sites (tertiary alicyclic amines) is 1. The van der Waals surface area contributed by atoms with E-state index < -0.39 is 17.7 Å². The molecule has 2 aromatic carbocycles. The van der Waals surface area contributed by atoms with Gasteiger partial charge in [-0.2, -0.15) is 0 Å². The highest BCUT2D eigenvalue weighted by atomic mass is 35.5. The molecule has 7 nitrogen and oxygen atoms in total. The number of hydrogen-bond donors (Lipinski definition) is 1. The number of carboxylic acids is 1. The van der Waals surface area contributed by atoms with Crippen molar-refractivity contribution in [2.75, 3.05) is 13.1 Å². The average Bonchev–Trinajstić information content (AvgIpc) is 3.69. The fraction of sp³-hybridized carbons (Fsp3) is 0.444. The smallest absolute Gasteiger partial charge is 0.337 e. The first-order chi connectivity index (χ1) is 21.5. The molecule has 0 bridgehead atoms. The number of hydrogen-bond acceptors (Lipinski definition) is 7. The number of rotatable bonds is 7. The Morgan fingerprint density at radius 3 is 2.42 bits per heavy atom. The fourth-order valence-corrected chi connectivity index (χ4v) is 8.12. The molecule has 1 N–H and O–H groups in total. The second-order valence-electron chi connectivity index (χ2n) is 13.7. The molecule has 1 aliphatic carbocycles. The number of ether oxygens (including phenoxy) is 1. The molecule has 234 valence electrons. The number of aromatic nitrogens is 2. The van der Waals surface area contributed by atoms with Crippen LogP contribution in [-0.2, 0) is 9.53 Å². The number of thiazole rings is 1. The highest BCUT2D eigenvalue weighted by Crippen LogP contribution is 2.45. The third kappa shape index (κ3) is 5.94. The molecule has 4 aromatic rings. The standard InChI is InChI=1S/C36H39ClN4O3S/c1-19-18-27-33(29(21-6-8-23(37)9-7-21)28(19)32(35(42)43)44-36(3,4)5)45-34(40-27)26-13-12-25-20(2)38-30(31(25)39-26)22-14-16-41(17-15-22)24-10-11-24/h6-9,12-13,18,20,22,24,32H,10-11,14-17H2,1-5H3,(H,42,43)/t20?,32-/m0/s1. The Morgan fingerprint density at radius 2 is 1.78 bits per heavy atom. The van der Waals surface area contributed by atoms with Gasteiger partial charge in [0.25, 0.3) is 0 Å². The Hall–Kier alpha value is -3.17. The van der Waals surface area contributed by atoms with Crippen LogP contribution in [0.5, 0.6) is 0 Å². The normalized spacial score (nSPS) is 20.0. The zero-order valence-electron chi connectivity index (χ0n) is 26.4. The molecular weight excluding hydrogens is 604 g/mol. The van der Waals surface area contributed by atoms with E-state index in [4.69, 9.17) is 31.3 Å². The molecule has 2 fully saturated rings. The monoisotopic (exact) mass is 642 g/mol. The van der Waals surface area contributed by atoms with Gasteiger partial charge in [-0.15, -0.1) is 11.3 Å². The summed E-state index contributed by atoms with van der Waals surface area (Å²) in [6, 6.07) is 14.6. The highest BCUT2D eigenvalue weighted by Gasteiger charge is 2.37. The number of aryl methyl sites for hydroxylation is 1. The second kappa shape index (κ2) is 11.6. The molecular formula is C36H39ClN4O3S. The van der Waals surface area contributed by atoms with Gasteiger partial charge in [-0.1, -0.05) is 29.8 Å². The Morgan fingerprint density at radius 1 is 1.07 bits per heavy atom. The van der Waals surface area contributed by atoms with Crippen LogP contribution in [0.15, 0.2) is 47.5 Å². The van der Waals surface area contributed by atoms with Crippen LogP contribution in [0.4, 0.5) is 0 Å². The van der Waals surface area contributed by atoms with E-state index in [-0.39, 0.29) is 6.04 Å². The number of piperidine rings is 1. The van der Waals surface area contributed by atoms with Crippen molar-refractivity contribution >= 4 is 44.8 Å². The van der Waals surface area contributed by atoms with Gasteiger partial charge in [-0.3, -0.25) is 4.99 Å². The van der Waals surface area contributed by atoms with Gasteiger partial charge in [0.15, 0.2) is 6.10 Å². The topological polar surface area (TPSA) is 87.9 Å². The Kier molecular flexibility index (Phi) is 7.84. The zero-order valence-corrected chi connectivity index (χ0v) is 28.0. The minimum absolute atomic E-state index is 0.103. The van der Waals surface area contributed by atoms with Crippen molar-refractivity contribution in [1.82, 2.24) is 14.9 Å². The lowest BCUT2D eigenvalue weighted by Crippen LogP contribution is -2.37. The first-order valence-corrected chi connectivity index (χ1v) is 17.1. The summed E-state index contributed by atoms with van der Waals surface area (Å²) in [5.74, 6) is -0.601. The van der Waals surface area contributed by atoms with E-state index in [1.807, 2.05) is 58.0 Å². The number of carboxylic acid groups (broad SMARTS) is 1. The average molecular weight is 643 g/mol. The minimum Gasteiger partial charge on any atom is -0.479 e. The van der Waals surface area contributed by atoms with E-state index in [2.05, 4.69) is 24.0 Å². The van der Waals surface area contributed by atoms with Gasteiger partial charge in [0.05, 0.1) is 39.0 Å². The van der Waals surface area contributed by atoms with Crippen molar-refractivity contribution < 1.29 is 14.6 Å². The van der Waals surface area contributed by atoms with Crippen molar-refractivity contribution in [3.8, 4) is 21.8 Å². The van der Waals surface area contributed by atoms with Gasteiger partial charge in [-0.25, -0.2) is 14.8 Å². The van der Waals surface area contributed by atoms with Crippen molar-refractivity contribution in [3.05, 3.63) is 69.9 Å². The molecule has 2 aromatic heterocycles. The van der Waals surface area contributed by atoms with Crippen LogP contribution in [0.3, 0.4) is 0 Å². The molecule has 9 heteroatoms. The summed E-state index contributed by atoms with van der Waals surface area (Å²) in [7, 11) is 0. The molecule has 4 heterocycles. The van der Waals surface area contributed by atoms with Crippen LogP contribution in [0, 0.1) is 12.8 Å². The van der Waals surface area contributed by atoms with E-state index in [1.165, 1.54) is 29.7 Å². The van der Waals surface area contributed by atoms with Crippen LogP contribution in [0.25, 0.3) is 32.0 Å². The molecule has 1 saturated heterocycles. The summed E-state index contributed by atoms with van der Waals surface area (Å²) in [5.41, 5.74) is 7.42. The molecule has 0 radical (unpaired) electrons. The summed E-state index contributed by atoms with van der Waals surface area (Å²) in [6.07, 6.45) is 3.79. The number of halogens is 1. The SMILES string of the molecule is Cc1cc2nc(-c3ccc4c(n3)C(C3CCN(C5CC5)CC3)=NC4C)sc2c(-c2ccc(Cl)cc2)c1[C@H](OC(C)(C)C)C(=O)O. The molecule has 0 amide bonds. The minimum atomic E-state index is -1.16. The van der Waals surface area contributed by atoms with E-state index in [0.29, 0.717) is 16.5 Å². The number of nitrogens with zero attached hydrogens (tertiary/aromatic N) is 4. The number of benzene rings is 2. The van der Waals surface area contributed by atoms with Crippen LogP contribution < -0.4 is 0 Å². The lowest BCUT2D eigenvalue weighted by molar-refractivity contribution is -0.160. The van der Waals surface area contributed by atoms with Gasteiger partial charge >= 0.3 is 5.97 Å². The quantitative estimate of drug-likeness (QED) is 0.217. The largest absolute Gasteiger partial charge is 0.479 e. The molecule has 2 aliphatic heterocycles. The molecule has 0 spiro atoms. The summed E-state index contributed by atoms with van der Waals surface area (Å²) in [4.78, 5) is 30.8. The maximum Gasteiger partial charge on any atom is 0.337 e. The van der Waals surface area contributed by atoms with E-state index >= 15 is 0 Å². The van der Waals surface area contributed by atoms with Crippen molar-refractivity contribution in [1.29, 1.82) is 0 Å². The third-order valence-corrected chi connectivity index (χ3v) is 10.5. The third-order valence-electron chi connectivity index (χ3n) is 9.17. The number of fused-ring (bicyclic) bond motifs is 2. The molecule has 3 aliphatic rings. The van der Waals surface area contributed by atoms with Gasteiger partial charge in [0.2, 0.25) is 0 Å². The Labute approximate surface area is 273 Å². The molecule has 45 heavy (non-hydrogen) atoms. The molecule has 7 rings (SSSR count). The van der Waals surface area contributed by atoms with Crippen LogP contribution >= 0.6 is 22.9 Å². The Balaban J connectivity index is 1.32. The maximum atomic E-state index is 12.7. The lowest BCUT2D eigenvalue weighted by Gasteiger charge is -2.32. The van der Waals surface area contributed by atoms with Gasteiger partial charge in [0.1, 0.15) is 5.01 Å². The van der Waals surface area contributed by atoms with Crippen LogP contribution in [-0.4, -0.2) is 56.4 Å². The summed E-state index contributed by atoms with van der Waals surface area (Å²) in [6.45, 7) is 12.0. The van der Waals surface area contributed by atoms with Crippen LogP contribution in [0.2, 0.25) is 5.02 Å². The molecule has 1 unspecified atom stereocenters. The number of pyridine rings is 1. The van der Waals surface area contributed by atoms with E-state index in [9.17, 15) is 9.90 Å². The fourth-order valence-electron chi connectivity index (χ4n) is 6.90. The van der Waals surface area contributed by atoms with Gasteiger partial charge in [0, 0.05) is 33.7 Å². The summed E-state index contributed by atoms with van der Waals surface area (Å²) < 4.78 is 7.07. The van der Waals surface area contributed by atoms with Crippen molar-refractivity contribution in [2.24, 2.45) is 10.9 Å². The maximum absolute atomic E-state index is 12.7. The number of carbonyl (C=O) groups is 1. The van der Waals surface area contributed by atoms with E-state index in [0.717, 1.165) is 81.0 Å². The first-order valence-electron chi connectivity index (χ1n) is 15.9. The summed E-state index contributed by atoms with van der Waals surface area (Å²) >= 11 is 7.81. The second-order valence-corrected chi connectivity index (χ2v) is 15.1. The molecule has 1 saturated carbocycles. The highest BCUT2D eigenvalue weighted by molar-refractivity contribution is 7.22. The predicted molar refractivity (Wildman–Crippen MR) is 182 cm³/mol. The van der Waals surface area contributed by atoms with Crippen LogP contribution in [0.1, 0.15) is 87.9 Å². The molecule has 2 atom stereocenters. The van der Waals surface area contributed by atoms with Crippen molar-refractivity contribution in [2.45, 2.75) is 84.1 Å². The van der Waals surface area contributed by atoms with E-state index in [1.54, 1.807) is 0 Å². The van der Waals surface area contributed by atoms with Gasteiger partial charge in [-0.05, 0) is 109 Å². The Bertz CT molecular complexity index is 1810. The predicted octanol–water partition coefficient (Wildman–Crippen LogP) is 8.67. The first kappa shape index (κ1) is 30.5. The zero-order chi connectivity index (χ0) is 31.6. The van der Waals surface area contributed by atoms with Crippen molar-refractivity contribution in [3.63, 3.8) is 0 Å². The summed E-state index contributed by atoms with van der Waals surface area (Å²) in [5, 5.41) is 11.8.